The highest BCUT2D eigenvalue weighted by Gasteiger charge is 2.54. The van der Waals surface area contributed by atoms with Crippen LogP contribution in [-0.2, 0) is 18.2 Å². The number of ether oxygens (including phenoxy) is 2. The van der Waals surface area contributed by atoms with Gasteiger partial charge in [0, 0.05) is 62.3 Å². The fourth-order valence-electron chi connectivity index (χ4n) is 5.61. The summed E-state index contributed by atoms with van der Waals surface area (Å²) in [5.74, 6) is 0.951. The zero-order valence-corrected chi connectivity index (χ0v) is 23.0. The fraction of sp³-hybridized carbons (Fsp3) is 0.519. The lowest BCUT2D eigenvalue weighted by Gasteiger charge is -2.43. The number of aryl methyl sites for hydroxylation is 1. The van der Waals surface area contributed by atoms with Gasteiger partial charge in [-0.05, 0) is 52.2 Å². The van der Waals surface area contributed by atoms with E-state index in [1.807, 2.05) is 51.0 Å². The molecule has 6 rings (SSSR count). The number of amides is 3. The number of rotatable bonds is 3. The van der Waals surface area contributed by atoms with Crippen molar-refractivity contribution in [1.82, 2.24) is 24.6 Å². The largest absolute Gasteiger partial charge is 0.479 e. The number of anilines is 3. The minimum Gasteiger partial charge on any atom is -0.479 e. The van der Waals surface area contributed by atoms with Gasteiger partial charge in [-0.25, -0.2) is 14.6 Å². The maximum absolute atomic E-state index is 13.4. The van der Waals surface area contributed by atoms with Crippen LogP contribution in [0.15, 0.2) is 24.5 Å². The number of fused-ring (bicyclic) bond motifs is 2. The molecule has 39 heavy (non-hydrogen) atoms. The zero-order valence-electron chi connectivity index (χ0n) is 23.0. The van der Waals surface area contributed by atoms with Gasteiger partial charge in [0.1, 0.15) is 17.1 Å². The van der Waals surface area contributed by atoms with Crippen molar-refractivity contribution < 1.29 is 19.1 Å². The second kappa shape index (κ2) is 8.99. The van der Waals surface area contributed by atoms with Gasteiger partial charge in [0.2, 0.25) is 5.88 Å². The summed E-state index contributed by atoms with van der Waals surface area (Å²) in [7, 11) is 3.33. The number of pyridine rings is 2. The molecule has 2 fully saturated rings. The van der Waals surface area contributed by atoms with E-state index in [4.69, 9.17) is 9.47 Å². The molecule has 5 heterocycles. The van der Waals surface area contributed by atoms with Gasteiger partial charge in [0.15, 0.2) is 5.65 Å². The molecular weight excluding hydrogens is 500 g/mol. The molecule has 1 aliphatic carbocycles. The number of aromatic nitrogens is 4. The molecule has 1 saturated heterocycles. The molecule has 1 N–H and O–H groups in total. The van der Waals surface area contributed by atoms with Crippen molar-refractivity contribution in [1.29, 1.82) is 0 Å². The summed E-state index contributed by atoms with van der Waals surface area (Å²) in [6, 6.07) is 3.53. The van der Waals surface area contributed by atoms with Crippen molar-refractivity contribution in [3.05, 3.63) is 30.1 Å². The lowest BCUT2D eigenvalue weighted by atomic mass is 10.1. The number of hydrogen-bond acceptors (Lipinski definition) is 8. The lowest BCUT2D eigenvalue weighted by Crippen LogP contribution is -2.58. The van der Waals surface area contributed by atoms with Gasteiger partial charge < -0.3 is 19.7 Å². The van der Waals surface area contributed by atoms with E-state index in [0.717, 1.165) is 36.0 Å². The summed E-state index contributed by atoms with van der Waals surface area (Å²) in [4.78, 5) is 41.2. The van der Waals surface area contributed by atoms with Crippen molar-refractivity contribution in [2.45, 2.75) is 51.2 Å². The molecule has 3 aromatic rings. The van der Waals surface area contributed by atoms with E-state index in [2.05, 4.69) is 25.3 Å². The number of carbonyl (C=O) groups excluding carboxylic acids is 2. The Morgan fingerprint density at radius 2 is 1.95 bits per heavy atom. The van der Waals surface area contributed by atoms with E-state index in [0.29, 0.717) is 49.1 Å². The van der Waals surface area contributed by atoms with Crippen LogP contribution in [0.4, 0.5) is 26.8 Å². The number of hydrogen-bond donors (Lipinski definition) is 1. The molecular formula is C27H34N8O4. The Morgan fingerprint density at radius 1 is 1.15 bits per heavy atom. The number of nitrogens with zero attached hydrogens (tertiary/aromatic N) is 7. The Hall–Kier alpha value is -4.09. The molecule has 3 amide bonds. The monoisotopic (exact) mass is 534 g/mol. The van der Waals surface area contributed by atoms with Crippen LogP contribution in [0.25, 0.3) is 11.0 Å². The summed E-state index contributed by atoms with van der Waals surface area (Å²) in [5, 5.41) is 8.06. The number of urea groups is 1. The normalized spacial score (nSPS) is 17.9. The minimum atomic E-state index is -0.524. The molecule has 12 heteroatoms. The SMILES string of the molecule is COc1nc2nn(C)cc2cc1NC(=O)N1CCc2c(N3CCN(C(=O)OC(C)(C)C)C4(CC4)C3)ccnc21. The summed E-state index contributed by atoms with van der Waals surface area (Å²) >= 11 is 0. The van der Waals surface area contributed by atoms with Crippen LogP contribution < -0.4 is 19.9 Å². The fourth-order valence-corrected chi connectivity index (χ4v) is 5.61. The maximum atomic E-state index is 13.4. The second-order valence-corrected chi connectivity index (χ2v) is 11.5. The first kappa shape index (κ1) is 25.2. The number of methoxy groups -OCH3 is 1. The standard InChI is InChI=1S/C27H34N8O4/c1-26(2,3)39-25(37)35-13-12-33(16-27(35)8-9-27)20-6-10-28-22-18(20)7-11-34(22)24(36)29-19-14-17-15-32(4)31-21(17)30-23(19)38-5/h6,10,14-15H,7-9,11-13,16H2,1-5H3,(H,29,36). The van der Waals surface area contributed by atoms with Crippen molar-refractivity contribution in [3.8, 4) is 5.88 Å². The highest BCUT2D eigenvalue weighted by Crippen LogP contribution is 2.47. The van der Waals surface area contributed by atoms with Crippen LogP contribution in [-0.4, -0.2) is 81.2 Å². The van der Waals surface area contributed by atoms with Crippen LogP contribution in [0.1, 0.15) is 39.2 Å². The van der Waals surface area contributed by atoms with Crippen molar-refractivity contribution in [3.63, 3.8) is 0 Å². The van der Waals surface area contributed by atoms with Gasteiger partial charge in [-0.1, -0.05) is 0 Å². The van der Waals surface area contributed by atoms with Crippen LogP contribution in [0.3, 0.4) is 0 Å². The first-order valence-electron chi connectivity index (χ1n) is 13.3. The molecule has 0 unspecified atom stereocenters. The molecule has 1 spiro atoms. The Kier molecular flexibility index (Phi) is 5.81. The third kappa shape index (κ3) is 4.57. The molecule has 3 aromatic heterocycles. The Bertz CT molecular complexity index is 1460. The Balaban J connectivity index is 1.20. The van der Waals surface area contributed by atoms with E-state index in [1.54, 1.807) is 15.8 Å². The molecule has 12 nitrogen and oxygen atoms in total. The minimum absolute atomic E-state index is 0.194. The molecule has 2 aliphatic heterocycles. The predicted molar refractivity (Wildman–Crippen MR) is 146 cm³/mol. The smallest absolute Gasteiger partial charge is 0.410 e. The predicted octanol–water partition coefficient (Wildman–Crippen LogP) is 3.56. The van der Waals surface area contributed by atoms with E-state index in [9.17, 15) is 9.59 Å². The molecule has 3 aliphatic rings. The highest BCUT2D eigenvalue weighted by molar-refractivity contribution is 6.04. The maximum Gasteiger partial charge on any atom is 0.410 e. The molecule has 0 atom stereocenters. The summed E-state index contributed by atoms with van der Waals surface area (Å²) < 4.78 is 12.8. The summed E-state index contributed by atoms with van der Waals surface area (Å²) in [6.07, 6.45) is 5.97. The first-order valence-corrected chi connectivity index (χ1v) is 13.3. The van der Waals surface area contributed by atoms with Gasteiger partial charge >= 0.3 is 12.1 Å². The first-order chi connectivity index (χ1) is 18.6. The molecule has 206 valence electrons. The highest BCUT2D eigenvalue weighted by atomic mass is 16.6. The zero-order chi connectivity index (χ0) is 27.5. The molecule has 1 saturated carbocycles. The van der Waals surface area contributed by atoms with Gasteiger partial charge in [-0.2, -0.15) is 10.1 Å². The second-order valence-electron chi connectivity index (χ2n) is 11.5. The summed E-state index contributed by atoms with van der Waals surface area (Å²) in [6.45, 7) is 8.23. The number of carbonyl (C=O) groups is 2. The molecule has 0 aromatic carbocycles. The average Bonchev–Trinajstić information content (AvgIpc) is 3.31. The van der Waals surface area contributed by atoms with Crippen molar-refractivity contribution in [2.24, 2.45) is 7.05 Å². The molecule has 0 radical (unpaired) electrons. The Morgan fingerprint density at radius 3 is 2.67 bits per heavy atom. The van der Waals surface area contributed by atoms with Gasteiger partial charge in [0.25, 0.3) is 0 Å². The van der Waals surface area contributed by atoms with Crippen LogP contribution in [0.5, 0.6) is 5.88 Å². The van der Waals surface area contributed by atoms with Gasteiger partial charge in [-0.15, -0.1) is 0 Å². The molecule has 0 bridgehead atoms. The van der Waals surface area contributed by atoms with Crippen molar-refractivity contribution >= 4 is 40.4 Å². The third-order valence-electron chi connectivity index (χ3n) is 7.54. The number of piperazine rings is 1. The Labute approximate surface area is 226 Å². The van der Waals surface area contributed by atoms with E-state index < -0.39 is 5.60 Å². The summed E-state index contributed by atoms with van der Waals surface area (Å²) in [5.41, 5.74) is 2.42. The lowest BCUT2D eigenvalue weighted by molar-refractivity contribution is 0.0106. The third-order valence-corrected chi connectivity index (χ3v) is 7.54. The quantitative estimate of drug-likeness (QED) is 0.542. The van der Waals surface area contributed by atoms with Crippen LogP contribution >= 0.6 is 0 Å². The van der Waals surface area contributed by atoms with E-state index in [-0.39, 0.29) is 17.7 Å². The van der Waals surface area contributed by atoms with Crippen molar-refractivity contribution in [2.75, 3.05) is 48.4 Å². The number of nitrogens with one attached hydrogen (secondary N) is 1. The van der Waals surface area contributed by atoms with Gasteiger partial charge in [0.05, 0.1) is 12.6 Å². The topological polar surface area (TPSA) is 118 Å². The van der Waals surface area contributed by atoms with Crippen LogP contribution in [0, 0.1) is 0 Å². The van der Waals surface area contributed by atoms with E-state index in [1.165, 1.54) is 7.11 Å². The van der Waals surface area contributed by atoms with Gasteiger partial charge in [-0.3, -0.25) is 14.5 Å². The van der Waals surface area contributed by atoms with Crippen LogP contribution in [0.2, 0.25) is 0 Å². The average molecular weight is 535 g/mol. The van der Waals surface area contributed by atoms with E-state index >= 15 is 0 Å².